The van der Waals surface area contributed by atoms with Gasteiger partial charge in [0.25, 0.3) is 0 Å². The lowest BCUT2D eigenvalue weighted by Gasteiger charge is -2.03. The SMILES string of the molecule is [2H]c1c([2H])c(N)c2c([2H])c([2H])c([2H])c(N)c2c1[2H]. The van der Waals surface area contributed by atoms with E-state index in [1.54, 1.807) is 0 Å². The van der Waals surface area contributed by atoms with Gasteiger partial charge in [-0.2, -0.15) is 0 Å². The van der Waals surface area contributed by atoms with Crippen molar-refractivity contribution in [2.24, 2.45) is 0 Å². The molecule has 2 heteroatoms. The van der Waals surface area contributed by atoms with E-state index >= 15 is 0 Å². The van der Waals surface area contributed by atoms with Crippen molar-refractivity contribution >= 4 is 22.1 Å². The van der Waals surface area contributed by atoms with Gasteiger partial charge >= 0.3 is 0 Å². The highest BCUT2D eigenvalue weighted by Crippen LogP contribution is 2.24. The average molecular weight is 164 g/mol. The molecule has 0 aliphatic carbocycles. The van der Waals surface area contributed by atoms with Crippen LogP contribution in [0.15, 0.2) is 36.3 Å². The van der Waals surface area contributed by atoms with Gasteiger partial charge in [-0.25, -0.2) is 0 Å². The average Bonchev–Trinajstić information content (AvgIpc) is 2.35. The number of anilines is 2. The molecular formula is C10H10N2. The molecule has 60 valence electrons. The fourth-order valence-electron chi connectivity index (χ4n) is 0.976. The summed E-state index contributed by atoms with van der Waals surface area (Å²) in [4.78, 5) is 0. The predicted molar refractivity (Wildman–Crippen MR) is 52.8 cm³/mol. The fourth-order valence-corrected chi connectivity index (χ4v) is 0.976. The summed E-state index contributed by atoms with van der Waals surface area (Å²) < 4.78 is 45.9. The highest BCUT2D eigenvalue weighted by molar-refractivity contribution is 5.99. The van der Waals surface area contributed by atoms with Crippen LogP contribution in [-0.2, 0) is 0 Å². The summed E-state index contributed by atoms with van der Waals surface area (Å²) in [6.07, 6.45) is 0. The van der Waals surface area contributed by atoms with Crippen molar-refractivity contribution in [2.75, 3.05) is 11.5 Å². The maximum absolute atomic E-state index is 7.76. The molecule has 2 rings (SSSR count). The molecule has 0 radical (unpaired) electrons. The van der Waals surface area contributed by atoms with Crippen LogP contribution in [0.4, 0.5) is 11.4 Å². The Kier molecular flexibility index (Phi) is 0.598. The van der Waals surface area contributed by atoms with Gasteiger partial charge in [0.05, 0.1) is 8.22 Å². The number of benzene rings is 2. The van der Waals surface area contributed by atoms with E-state index in [1.807, 2.05) is 0 Å². The van der Waals surface area contributed by atoms with E-state index in [0.29, 0.717) is 0 Å². The van der Waals surface area contributed by atoms with Gasteiger partial charge in [-0.05, 0) is 12.1 Å². The summed E-state index contributed by atoms with van der Waals surface area (Å²) in [6, 6.07) is -2.21. The van der Waals surface area contributed by atoms with E-state index in [-0.39, 0.29) is 46.3 Å². The standard InChI is InChI=1S/C10H10N2/c11-9-5-1-3-7-8(9)4-2-6-10(7)12/h1-6H,11-12H2/i1D,2D,3D,4D,5D,6D. The molecule has 0 aliphatic rings. The lowest BCUT2D eigenvalue weighted by atomic mass is 10.1. The molecule has 0 aromatic heterocycles. The van der Waals surface area contributed by atoms with Crippen LogP contribution < -0.4 is 11.5 Å². The second-order valence-corrected chi connectivity index (χ2v) is 2.33. The van der Waals surface area contributed by atoms with Crippen molar-refractivity contribution in [3.05, 3.63) is 36.3 Å². The minimum Gasteiger partial charge on any atom is -0.398 e. The van der Waals surface area contributed by atoms with Crippen LogP contribution in [-0.4, -0.2) is 0 Å². The zero-order valence-electron chi connectivity index (χ0n) is 12.2. The van der Waals surface area contributed by atoms with E-state index in [2.05, 4.69) is 0 Å². The number of nitrogens with two attached hydrogens (primary N) is 2. The largest absolute Gasteiger partial charge is 0.398 e. The van der Waals surface area contributed by atoms with Crippen LogP contribution >= 0.6 is 0 Å². The molecule has 2 aromatic carbocycles. The van der Waals surface area contributed by atoms with Gasteiger partial charge in [0.1, 0.15) is 0 Å². The predicted octanol–water partition coefficient (Wildman–Crippen LogP) is 2.00. The minimum atomic E-state index is -0.400. The van der Waals surface area contributed by atoms with Gasteiger partial charge in [0, 0.05) is 22.1 Å². The van der Waals surface area contributed by atoms with Crippen molar-refractivity contribution < 1.29 is 8.22 Å². The van der Waals surface area contributed by atoms with Crippen LogP contribution in [0.1, 0.15) is 8.22 Å². The van der Waals surface area contributed by atoms with Gasteiger partial charge < -0.3 is 11.5 Å². The Labute approximate surface area is 79.2 Å². The Morgan fingerprint density at radius 1 is 0.833 bits per heavy atom. The van der Waals surface area contributed by atoms with Gasteiger partial charge in [-0.1, -0.05) is 24.2 Å². The summed E-state index contributed by atoms with van der Waals surface area (Å²) in [5.41, 5.74) is 11.0. The van der Waals surface area contributed by atoms with E-state index in [1.165, 1.54) is 0 Å². The Balaban J connectivity index is 3.22. The van der Waals surface area contributed by atoms with Crippen molar-refractivity contribution in [3.8, 4) is 0 Å². The fraction of sp³-hybridized carbons (Fsp3) is 0. The topological polar surface area (TPSA) is 52.0 Å². The van der Waals surface area contributed by atoms with Crippen LogP contribution in [0.5, 0.6) is 0 Å². The second-order valence-electron chi connectivity index (χ2n) is 2.33. The zero-order chi connectivity index (χ0) is 13.8. The quantitative estimate of drug-likeness (QED) is 0.585. The van der Waals surface area contributed by atoms with E-state index in [4.69, 9.17) is 19.7 Å². The molecule has 0 aliphatic heterocycles. The normalized spacial score (nSPS) is 17.3. The highest BCUT2D eigenvalue weighted by atomic mass is 14.6. The molecule has 0 unspecified atom stereocenters. The minimum absolute atomic E-state index is 0.000463. The number of nitrogen functional groups attached to an aromatic ring is 2. The summed E-state index contributed by atoms with van der Waals surface area (Å²) in [7, 11) is 0. The molecule has 4 N–H and O–H groups in total. The summed E-state index contributed by atoms with van der Waals surface area (Å²) in [5, 5.41) is -0.000926. The summed E-state index contributed by atoms with van der Waals surface area (Å²) in [6.45, 7) is 0. The monoisotopic (exact) mass is 164 g/mol. The number of hydrogen-bond acceptors (Lipinski definition) is 2. The number of rotatable bonds is 0. The maximum atomic E-state index is 7.76. The molecule has 0 heterocycles. The number of hydrogen-bond donors (Lipinski definition) is 2. The Morgan fingerprint density at radius 3 is 1.67 bits per heavy atom. The van der Waals surface area contributed by atoms with E-state index < -0.39 is 12.1 Å². The first kappa shape index (κ1) is 2.98. The van der Waals surface area contributed by atoms with Crippen molar-refractivity contribution in [1.82, 2.24) is 0 Å². The van der Waals surface area contributed by atoms with Gasteiger partial charge in [-0.3, -0.25) is 0 Å². The van der Waals surface area contributed by atoms with Gasteiger partial charge in [-0.15, -0.1) is 0 Å². The lowest BCUT2D eigenvalue weighted by Crippen LogP contribution is -1.90. The van der Waals surface area contributed by atoms with Gasteiger partial charge in [0.15, 0.2) is 0 Å². The molecule has 0 atom stereocenters. The third-order valence-electron chi connectivity index (χ3n) is 1.56. The summed E-state index contributed by atoms with van der Waals surface area (Å²) >= 11 is 0. The molecule has 12 heavy (non-hydrogen) atoms. The van der Waals surface area contributed by atoms with Crippen molar-refractivity contribution in [1.29, 1.82) is 0 Å². The second kappa shape index (κ2) is 2.41. The zero-order valence-corrected chi connectivity index (χ0v) is 6.15. The molecule has 0 fully saturated rings. The number of fused-ring (bicyclic) bond motifs is 1. The first-order valence-corrected chi connectivity index (χ1v) is 3.33. The van der Waals surface area contributed by atoms with Crippen LogP contribution in [0.25, 0.3) is 10.8 Å². The maximum Gasteiger partial charge on any atom is 0.0645 e. The molecular weight excluding hydrogens is 148 g/mol. The Hall–Kier alpha value is -1.70. The first-order chi connectivity index (χ1) is 8.29. The first-order valence-electron chi connectivity index (χ1n) is 6.33. The molecule has 0 amide bonds. The summed E-state index contributed by atoms with van der Waals surface area (Å²) in [5.74, 6) is 0. The lowest BCUT2D eigenvalue weighted by molar-refractivity contribution is 1.71. The molecule has 2 nitrogen and oxygen atoms in total. The Morgan fingerprint density at radius 2 is 1.25 bits per heavy atom. The molecule has 0 saturated heterocycles. The Bertz CT molecular complexity index is 569. The molecule has 0 spiro atoms. The van der Waals surface area contributed by atoms with Crippen LogP contribution in [0.3, 0.4) is 0 Å². The van der Waals surface area contributed by atoms with Crippen molar-refractivity contribution in [3.63, 3.8) is 0 Å². The smallest absolute Gasteiger partial charge is 0.0645 e. The third-order valence-corrected chi connectivity index (χ3v) is 1.56. The van der Waals surface area contributed by atoms with Crippen molar-refractivity contribution in [2.45, 2.75) is 0 Å². The third kappa shape index (κ3) is 0.889. The highest BCUT2D eigenvalue weighted by Gasteiger charge is 1.98. The van der Waals surface area contributed by atoms with E-state index in [0.717, 1.165) is 0 Å². The molecule has 0 bridgehead atoms. The van der Waals surface area contributed by atoms with E-state index in [9.17, 15) is 0 Å². The van der Waals surface area contributed by atoms with Crippen LogP contribution in [0.2, 0.25) is 0 Å². The molecule has 0 saturated carbocycles. The van der Waals surface area contributed by atoms with Crippen LogP contribution in [0, 0.1) is 0 Å². The van der Waals surface area contributed by atoms with Gasteiger partial charge in [0.2, 0.25) is 0 Å². The molecule has 2 aromatic rings.